The Hall–Kier alpha value is -3.83. The van der Waals surface area contributed by atoms with E-state index in [4.69, 9.17) is 0 Å². The first-order valence-electron chi connectivity index (χ1n) is 12.7. The van der Waals surface area contributed by atoms with Gasteiger partial charge in [0.15, 0.2) is 0 Å². The fourth-order valence-corrected chi connectivity index (χ4v) is 4.24. The largest absolute Gasteiger partial charge is 0.383 e. The van der Waals surface area contributed by atoms with Crippen LogP contribution in [0.4, 0.5) is 15.8 Å². The van der Waals surface area contributed by atoms with E-state index in [2.05, 4.69) is 53.4 Å². The number of aryl methyl sites for hydroxylation is 1. The molecule has 1 aromatic heterocycles. The Morgan fingerprint density at radius 2 is 2.03 bits per heavy atom. The molecule has 36 heavy (non-hydrogen) atoms. The highest BCUT2D eigenvalue weighted by Gasteiger charge is 2.32. The molecule has 1 fully saturated rings. The minimum atomic E-state index is -1.44. The topological polar surface area (TPSA) is 88.0 Å². The van der Waals surface area contributed by atoms with E-state index in [1.807, 2.05) is 30.3 Å². The summed E-state index contributed by atoms with van der Waals surface area (Å²) in [5, 5.41) is 19.4. The highest BCUT2D eigenvalue weighted by molar-refractivity contribution is 5.97. The summed E-state index contributed by atoms with van der Waals surface area (Å²) in [5.41, 5.74) is 11.1. The number of hydrogen-bond acceptors (Lipinski definition) is 7. The zero-order chi connectivity index (χ0) is 26.4. The number of aromatic nitrogens is 1. The molecule has 0 amide bonds. The van der Waals surface area contributed by atoms with Crippen LogP contribution in [-0.4, -0.2) is 22.6 Å². The molecule has 1 atom stereocenters. The molecule has 186 valence electrons. The molecule has 2 aliphatic rings. The Balaban J connectivity index is 1.60. The number of rotatable bonds is 7. The molecule has 7 nitrogen and oxygen atoms in total. The van der Waals surface area contributed by atoms with Crippen LogP contribution in [0.15, 0.2) is 54.5 Å². The Morgan fingerprint density at radius 3 is 2.69 bits per heavy atom. The lowest BCUT2D eigenvalue weighted by Gasteiger charge is -2.24. The molecule has 2 aromatic carbocycles. The number of hydrazine groups is 2. The van der Waals surface area contributed by atoms with Gasteiger partial charge in [-0.15, -0.1) is 5.53 Å². The number of halogens is 1. The van der Waals surface area contributed by atoms with Crippen LogP contribution in [0, 0.1) is 29.5 Å². The average molecular weight is 487 g/mol. The molecule has 1 saturated carbocycles. The van der Waals surface area contributed by atoms with Gasteiger partial charge >= 0.3 is 0 Å². The normalized spacial score (nSPS) is 17.6. The first-order valence-corrected chi connectivity index (χ1v) is 12.2. The van der Waals surface area contributed by atoms with Crippen molar-refractivity contribution in [1.82, 2.24) is 21.0 Å². The summed E-state index contributed by atoms with van der Waals surface area (Å²) in [6.45, 7) is 9.03. The summed E-state index contributed by atoms with van der Waals surface area (Å²) in [5.74, 6) is -0.358. The van der Waals surface area contributed by atoms with Gasteiger partial charge in [-0.25, -0.2) is 4.39 Å². The van der Waals surface area contributed by atoms with Gasteiger partial charge in [0.1, 0.15) is 11.9 Å². The van der Waals surface area contributed by atoms with E-state index < -0.39 is 6.02 Å². The Kier molecular flexibility index (Phi) is 5.86. The predicted octanol–water partition coefficient (Wildman–Crippen LogP) is 5.49. The van der Waals surface area contributed by atoms with Gasteiger partial charge in [-0.3, -0.25) is 9.99 Å². The highest BCUT2D eigenvalue weighted by Crippen LogP contribution is 2.35. The Bertz CT molecular complexity index is 1400. The third-order valence-electron chi connectivity index (χ3n) is 6.28. The molecule has 0 unspecified atom stereocenters. The van der Waals surface area contributed by atoms with Crippen LogP contribution < -0.4 is 21.6 Å². The van der Waals surface area contributed by atoms with Gasteiger partial charge in [0.2, 0.25) is 0 Å². The van der Waals surface area contributed by atoms with Gasteiger partial charge < -0.3 is 16.1 Å². The van der Waals surface area contributed by atoms with E-state index in [1.165, 1.54) is 12.1 Å². The number of nitrogens with zero attached hydrogens (tertiary/aromatic N) is 3. The number of anilines is 2. The molecule has 0 spiro atoms. The van der Waals surface area contributed by atoms with Crippen LogP contribution in [0.25, 0.3) is 10.9 Å². The molecular weight excluding hydrogens is 453 g/mol. The van der Waals surface area contributed by atoms with Crippen molar-refractivity contribution >= 4 is 22.3 Å². The van der Waals surface area contributed by atoms with E-state index in [0.29, 0.717) is 35.1 Å². The second-order valence-corrected chi connectivity index (χ2v) is 10.7. The van der Waals surface area contributed by atoms with E-state index >= 15 is 0 Å². The minimum absolute atomic E-state index is 0.00713. The first kappa shape index (κ1) is 22.6. The van der Waals surface area contributed by atoms with Gasteiger partial charge in [0.25, 0.3) is 0 Å². The monoisotopic (exact) mass is 486 g/mol. The van der Waals surface area contributed by atoms with Crippen LogP contribution in [0.1, 0.15) is 57.7 Å². The standard InChI is InChI=1S/C28H32FN7/c1-17-11-21(12-23-25(17)31-14-19(13-30)26(23)32-16-28(2,3)4)33-27(18-5-7-20(29)8-6-18)24-15-36(35-34-24)22-9-10-22/h5-8,11-12,14-15,22,27,33-35H,9-10,16H2,1-4H3,(H,31,32)/t27-/m1/s1/i27D. The van der Waals surface area contributed by atoms with Crippen molar-refractivity contribution in [3.05, 3.63) is 77.0 Å². The van der Waals surface area contributed by atoms with Crippen molar-refractivity contribution in [2.24, 2.45) is 5.41 Å². The Labute approximate surface area is 212 Å². The summed E-state index contributed by atoms with van der Waals surface area (Å²) in [6.07, 6.45) is 5.69. The smallest absolute Gasteiger partial charge is 0.123 e. The maximum absolute atomic E-state index is 13.8. The van der Waals surface area contributed by atoms with Gasteiger partial charge in [-0.1, -0.05) is 32.9 Å². The number of pyridine rings is 1. The molecule has 1 aliphatic carbocycles. The highest BCUT2D eigenvalue weighted by atomic mass is 19.1. The quantitative estimate of drug-likeness (QED) is 0.351. The van der Waals surface area contributed by atoms with Crippen molar-refractivity contribution in [3.63, 3.8) is 0 Å². The third-order valence-corrected chi connectivity index (χ3v) is 6.28. The molecule has 8 heteroatoms. The van der Waals surface area contributed by atoms with E-state index in [-0.39, 0.29) is 11.2 Å². The molecule has 0 saturated heterocycles. The zero-order valence-corrected chi connectivity index (χ0v) is 21.0. The lowest BCUT2D eigenvalue weighted by Crippen LogP contribution is -2.38. The fraction of sp³-hybridized carbons (Fsp3) is 0.357. The SMILES string of the molecule is [2H][C@](Nc1cc(C)c2ncc(C#N)c(NCC(C)(C)C)c2c1)(C1=CN(C2CC2)NN1)c1ccc(F)cc1. The number of benzene rings is 2. The van der Waals surface area contributed by atoms with Crippen LogP contribution >= 0.6 is 0 Å². The van der Waals surface area contributed by atoms with E-state index in [0.717, 1.165) is 35.0 Å². The van der Waals surface area contributed by atoms with Crippen molar-refractivity contribution in [3.8, 4) is 6.07 Å². The summed E-state index contributed by atoms with van der Waals surface area (Å²) in [7, 11) is 0. The molecule has 0 bridgehead atoms. The summed E-state index contributed by atoms with van der Waals surface area (Å²) < 4.78 is 23.4. The number of nitriles is 1. The first-order chi connectivity index (χ1) is 17.6. The molecule has 0 radical (unpaired) electrons. The average Bonchev–Trinajstić information content (AvgIpc) is 3.58. The van der Waals surface area contributed by atoms with E-state index in [1.54, 1.807) is 18.3 Å². The van der Waals surface area contributed by atoms with Crippen LogP contribution in [0.2, 0.25) is 0 Å². The van der Waals surface area contributed by atoms with Gasteiger partial charge in [-0.2, -0.15) is 5.26 Å². The summed E-state index contributed by atoms with van der Waals surface area (Å²) >= 11 is 0. The molecule has 2 heterocycles. The minimum Gasteiger partial charge on any atom is -0.383 e. The molecular formula is C28H32FN7. The maximum Gasteiger partial charge on any atom is 0.123 e. The van der Waals surface area contributed by atoms with Crippen LogP contribution in [-0.2, 0) is 0 Å². The van der Waals surface area contributed by atoms with Crippen LogP contribution in [0.3, 0.4) is 0 Å². The van der Waals surface area contributed by atoms with Crippen molar-refractivity contribution in [1.29, 1.82) is 5.26 Å². The zero-order valence-electron chi connectivity index (χ0n) is 22.0. The second kappa shape index (κ2) is 9.32. The number of hydrogen-bond donors (Lipinski definition) is 4. The van der Waals surface area contributed by atoms with E-state index in [9.17, 15) is 11.0 Å². The lowest BCUT2D eigenvalue weighted by atomic mass is 9.96. The molecule has 5 rings (SSSR count). The van der Waals surface area contributed by atoms with Crippen molar-refractivity contribution in [2.75, 3.05) is 17.2 Å². The molecule has 4 N–H and O–H groups in total. The summed E-state index contributed by atoms with van der Waals surface area (Å²) in [4.78, 5) is 4.56. The lowest BCUT2D eigenvalue weighted by molar-refractivity contribution is 0.260. The van der Waals surface area contributed by atoms with Gasteiger partial charge in [-0.05, 0) is 60.6 Å². The summed E-state index contributed by atoms with van der Waals surface area (Å²) in [6, 6.07) is 11.1. The third kappa shape index (κ3) is 5.07. The fourth-order valence-electron chi connectivity index (χ4n) is 4.24. The number of fused-ring (bicyclic) bond motifs is 1. The van der Waals surface area contributed by atoms with Crippen molar-refractivity contribution < 1.29 is 5.76 Å². The number of nitrogens with one attached hydrogen (secondary N) is 4. The Morgan fingerprint density at radius 1 is 1.28 bits per heavy atom. The van der Waals surface area contributed by atoms with Crippen molar-refractivity contribution in [2.45, 2.75) is 52.6 Å². The predicted molar refractivity (Wildman–Crippen MR) is 141 cm³/mol. The van der Waals surface area contributed by atoms with Crippen LogP contribution in [0.5, 0.6) is 0 Å². The molecule has 3 aromatic rings. The van der Waals surface area contributed by atoms with Gasteiger partial charge in [0.05, 0.1) is 29.9 Å². The van der Waals surface area contributed by atoms with Gasteiger partial charge in [0, 0.05) is 36.1 Å². The second-order valence-electron chi connectivity index (χ2n) is 10.7. The molecule has 1 aliphatic heterocycles. The maximum atomic E-state index is 13.8.